The number of H-pyrrole nitrogens is 1. The van der Waals surface area contributed by atoms with Crippen LogP contribution in [0.3, 0.4) is 0 Å². The Kier molecular flexibility index (Phi) is 9.37. The van der Waals surface area contributed by atoms with Gasteiger partial charge in [0.05, 0.1) is 17.3 Å². The topological polar surface area (TPSA) is 125 Å². The molecule has 172 valence electrons. The fraction of sp³-hybridized carbons (Fsp3) is 0.0909. The maximum Gasteiger partial charge on any atom is 0.379 e. The van der Waals surface area contributed by atoms with E-state index in [9.17, 15) is 22.8 Å². The number of rotatable bonds is 5. The quantitative estimate of drug-likeness (QED) is 0.390. The van der Waals surface area contributed by atoms with E-state index in [1.54, 1.807) is 6.20 Å². The zero-order chi connectivity index (χ0) is 24.2. The Bertz CT molecular complexity index is 1150. The molecule has 0 aliphatic rings. The second-order valence-corrected chi connectivity index (χ2v) is 6.20. The number of benzene rings is 3. The Morgan fingerprint density at radius 2 is 1.48 bits per heavy atom. The molecule has 0 amide bonds. The van der Waals surface area contributed by atoms with Crippen LogP contribution in [0.4, 0.5) is 13.2 Å². The molecule has 0 saturated carbocycles. The van der Waals surface area contributed by atoms with Gasteiger partial charge < -0.3 is 14.9 Å². The average Bonchev–Trinajstić information content (AvgIpc) is 3.31. The van der Waals surface area contributed by atoms with Gasteiger partial charge in [0.1, 0.15) is 18.1 Å². The predicted octanol–water partition coefficient (Wildman–Crippen LogP) is 4.80. The third-order valence-corrected chi connectivity index (χ3v) is 3.93. The minimum absolute atomic E-state index is 0.0186. The highest BCUT2D eigenvalue weighted by Gasteiger charge is 2.06. The summed E-state index contributed by atoms with van der Waals surface area (Å²) in [5.41, 5.74) is 0.753. The Labute approximate surface area is 185 Å². The van der Waals surface area contributed by atoms with Crippen LogP contribution in [0.25, 0.3) is 10.8 Å². The van der Waals surface area contributed by atoms with Crippen molar-refractivity contribution in [2.45, 2.75) is 13.3 Å². The van der Waals surface area contributed by atoms with Crippen molar-refractivity contribution in [1.82, 2.24) is 15.4 Å². The second kappa shape index (κ2) is 12.4. The number of carboxylic acid groups (broad SMARTS) is 2. The average molecular weight is 461 g/mol. The Hall–Kier alpha value is -4.41. The summed E-state index contributed by atoms with van der Waals surface area (Å²) in [5, 5.41) is 29.6. The van der Waals surface area contributed by atoms with Gasteiger partial charge in [0.25, 0.3) is 0 Å². The van der Waals surface area contributed by atoms with Crippen LogP contribution < -0.4 is 4.74 Å². The zero-order valence-corrected chi connectivity index (χ0v) is 16.9. The first-order valence-corrected chi connectivity index (χ1v) is 9.21. The molecule has 4 aromatic rings. The van der Waals surface area contributed by atoms with E-state index in [0.717, 1.165) is 17.5 Å². The first-order valence-electron chi connectivity index (χ1n) is 9.21. The molecule has 0 saturated heterocycles. The van der Waals surface area contributed by atoms with Gasteiger partial charge in [0, 0.05) is 0 Å². The van der Waals surface area contributed by atoms with Crippen molar-refractivity contribution in [3.8, 4) is 5.75 Å². The van der Waals surface area contributed by atoms with Crippen LogP contribution in [-0.2, 0) is 6.61 Å². The number of hydrogen-bond acceptors (Lipinski definition) is 5. The highest BCUT2D eigenvalue weighted by molar-refractivity contribution is 5.93. The van der Waals surface area contributed by atoms with E-state index in [1.165, 1.54) is 29.0 Å². The molecule has 0 atom stereocenters. The van der Waals surface area contributed by atoms with Crippen LogP contribution in [0.5, 0.6) is 5.75 Å². The van der Waals surface area contributed by atoms with Gasteiger partial charge in [-0.3, -0.25) is 0 Å². The Morgan fingerprint density at radius 3 is 2.03 bits per heavy atom. The molecule has 0 unspecified atom stereocenters. The number of fused-ring (bicyclic) bond motifs is 1. The molecule has 0 bridgehead atoms. The van der Waals surface area contributed by atoms with Crippen molar-refractivity contribution in [2.24, 2.45) is 0 Å². The molecule has 33 heavy (non-hydrogen) atoms. The number of hydrogen-bond donors (Lipinski definition) is 3. The van der Waals surface area contributed by atoms with E-state index in [0.29, 0.717) is 6.61 Å². The van der Waals surface area contributed by atoms with Crippen LogP contribution in [-0.4, -0.2) is 44.2 Å². The summed E-state index contributed by atoms with van der Waals surface area (Å²) in [7, 11) is 0. The van der Waals surface area contributed by atoms with Crippen LogP contribution in [0.1, 0.15) is 26.4 Å². The molecule has 0 aliphatic carbocycles. The summed E-state index contributed by atoms with van der Waals surface area (Å²) < 4.78 is 34.6. The van der Waals surface area contributed by atoms with Gasteiger partial charge in [0.15, 0.2) is 0 Å². The Morgan fingerprint density at radius 1 is 0.879 bits per heavy atom. The molecule has 1 heterocycles. The van der Waals surface area contributed by atoms with E-state index in [4.69, 9.17) is 14.9 Å². The molecule has 0 radical (unpaired) electrons. The maximum absolute atomic E-state index is 10.4. The third kappa shape index (κ3) is 8.69. The van der Waals surface area contributed by atoms with Crippen LogP contribution >= 0.6 is 0 Å². The van der Waals surface area contributed by atoms with Crippen LogP contribution in [0.2, 0.25) is 0 Å². The fourth-order valence-corrected chi connectivity index (χ4v) is 2.49. The largest absolute Gasteiger partial charge is 0.487 e. The number of alkyl halides is 3. The molecule has 3 aromatic carbocycles. The SMILES string of the molecule is FC(F)F.O=C(O)c1cccc(C(=O)O)c1.c1ccc2cc(OCc3cn[nH]n3)ccc2c1. The van der Waals surface area contributed by atoms with E-state index < -0.39 is 18.6 Å². The van der Waals surface area contributed by atoms with E-state index in [-0.39, 0.29) is 11.1 Å². The van der Waals surface area contributed by atoms with E-state index >= 15 is 0 Å². The van der Waals surface area contributed by atoms with Crippen LogP contribution in [0.15, 0.2) is 72.9 Å². The molecule has 3 N–H and O–H groups in total. The number of nitrogens with zero attached hydrogens (tertiary/aromatic N) is 2. The number of aromatic nitrogens is 3. The van der Waals surface area contributed by atoms with Crippen LogP contribution in [0, 0.1) is 0 Å². The normalized spacial score (nSPS) is 9.94. The maximum atomic E-state index is 10.4. The lowest BCUT2D eigenvalue weighted by molar-refractivity contribution is 0.00816. The zero-order valence-electron chi connectivity index (χ0n) is 16.9. The molecule has 0 aliphatic heterocycles. The summed E-state index contributed by atoms with van der Waals surface area (Å²) in [4.78, 5) is 20.8. The molecule has 1 aromatic heterocycles. The van der Waals surface area contributed by atoms with E-state index in [1.807, 2.05) is 30.3 Å². The molecular formula is C22H18F3N3O5. The second-order valence-electron chi connectivity index (χ2n) is 6.20. The first kappa shape index (κ1) is 24.9. The third-order valence-electron chi connectivity index (χ3n) is 3.93. The van der Waals surface area contributed by atoms with Gasteiger partial charge in [-0.05, 0) is 41.1 Å². The molecule has 11 heteroatoms. The number of carboxylic acids is 2. The first-order chi connectivity index (χ1) is 15.8. The minimum atomic E-state index is -3.67. The van der Waals surface area contributed by atoms with Gasteiger partial charge in [-0.15, -0.1) is 0 Å². The highest BCUT2D eigenvalue weighted by Crippen LogP contribution is 2.21. The lowest BCUT2D eigenvalue weighted by Gasteiger charge is -2.05. The molecule has 0 spiro atoms. The van der Waals surface area contributed by atoms with Crippen molar-refractivity contribution in [3.05, 3.63) is 89.7 Å². The van der Waals surface area contributed by atoms with Crippen molar-refractivity contribution >= 4 is 22.7 Å². The number of ether oxygens (including phenoxy) is 1. The summed E-state index contributed by atoms with van der Waals surface area (Å²) >= 11 is 0. The lowest BCUT2D eigenvalue weighted by Crippen LogP contribution is -2.01. The van der Waals surface area contributed by atoms with Gasteiger partial charge in [-0.25, -0.2) is 9.59 Å². The van der Waals surface area contributed by atoms with Gasteiger partial charge >= 0.3 is 18.6 Å². The summed E-state index contributed by atoms with van der Waals surface area (Å²) in [6, 6.07) is 19.4. The van der Waals surface area contributed by atoms with Gasteiger partial charge in [-0.1, -0.05) is 36.4 Å². The molecular weight excluding hydrogens is 443 g/mol. The number of aromatic amines is 1. The lowest BCUT2D eigenvalue weighted by atomic mass is 10.1. The monoisotopic (exact) mass is 461 g/mol. The molecule has 4 rings (SSSR count). The Balaban J connectivity index is 0.000000211. The van der Waals surface area contributed by atoms with Gasteiger partial charge in [-0.2, -0.15) is 28.6 Å². The highest BCUT2D eigenvalue weighted by atomic mass is 19.4. The number of halogens is 3. The van der Waals surface area contributed by atoms with Crippen molar-refractivity contribution < 1.29 is 37.7 Å². The summed E-state index contributed by atoms with van der Waals surface area (Å²) in [5.74, 6) is -1.41. The van der Waals surface area contributed by atoms with Crippen molar-refractivity contribution in [3.63, 3.8) is 0 Å². The molecule has 8 nitrogen and oxygen atoms in total. The molecule has 0 fully saturated rings. The standard InChI is InChI=1S/C13H11N3O.C8H6O4.CHF3/c1-2-4-11-7-13(6-5-10(11)3-1)17-9-12-8-14-16-15-12;9-7(10)5-2-1-3-6(4-5)8(11)12;2-1(3)4/h1-8H,9H2,(H,14,15,16);1-4H,(H,9,10)(H,11,12);1H. The smallest absolute Gasteiger partial charge is 0.379 e. The predicted molar refractivity (Wildman–Crippen MR) is 112 cm³/mol. The number of carbonyl (C=O) groups is 2. The minimum Gasteiger partial charge on any atom is -0.487 e. The number of nitrogens with one attached hydrogen (secondary N) is 1. The van der Waals surface area contributed by atoms with E-state index in [2.05, 4.69) is 27.5 Å². The number of aromatic carboxylic acids is 2. The van der Waals surface area contributed by atoms with Crippen molar-refractivity contribution in [1.29, 1.82) is 0 Å². The van der Waals surface area contributed by atoms with Crippen molar-refractivity contribution in [2.75, 3.05) is 0 Å². The summed E-state index contributed by atoms with van der Waals surface area (Å²) in [6.07, 6.45) is 1.65. The van der Waals surface area contributed by atoms with Gasteiger partial charge in [0.2, 0.25) is 0 Å². The fourth-order valence-electron chi connectivity index (χ4n) is 2.49. The summed E-state index contributed by atoms with van der Waals surface area (Å²) in [6.45, 7) is -3.24.